The summed E-state index contributed by atoms with van der Waals surface area (Å²) in [5.74, 6) is 0.123. The van der Waals surface area contributed by atoms with E-state index in [0.29, 0.717) is 13.0 Å². The van der Waals surface area contributed by atoms with Crippen molar-refractivity contribution in [2.24, 2.45) is 0 Å². The molecule has 1 aromatic carbocycles. The minimum absolute atomic E-state index is 0.123. The molecule has 1 atom stereocenters. The molecule has 6 nitrogen and oxygen atoms in total. The van der Waals surface area contributed by atoms with Gasteiger partial charge in [-0.05, 0) is 44.4 Å². The number of nitrogens with zero attached hydrogens (tertiary/aromatic N) is 2. The Balaban J connectivity index is 1.84. The number of amides is 3. The summed E-state index contributed by atoms with van der Waals surface area (Å²) < 4.78 is 5.56. The fourth-order valence-corrected chi connectivity index (χ4v) is 2.96. The van der Waals surface area contributed by atoms with Crippen LogP contribution >= 0.6 is 0 Å². The van der Waals surface area contributed by atoms with Gasteiger partial charge in [-0.15, -0.1) is 0 Å². The molecule has 1 saturated heterocycles. The molecule has 1 aliphatic heterocycles. The molecule has 0 aromatic heterocycles. The van der Waals surface area contributed by atoms with E-state index >= 15 is 0 Å². The van der Waals surface area contributed by atoms with E-state index in [0.717, 1.165) is 43.8 Å². The van der Waals surface area contributed by atoms with E-state index in [-0.39, 0.29) is 18.0 Å². The van der Waals surface area contributed by atoms with Crippen molar-refractivity contribution in [3.8, 4) is 0 Å². The van der Waals surface area contributed by atoms with Crippen LogP contribution in [0.1, 0.15) is 32.3 Å². The van der Waals surface area contributed by atoms with Crippen LogP contribution < -0.4 is 5.32 Å². The molecule has 2 rings (SSSR count). The van der Waals surface area contributed by atoms with Gasteiger partial charge < -0.3 is 19.9 Å². The first kappa shape index (κ1) is 19.2. The summed E-state index contributed by atoms with van der Waals surface area (Å²) >= 11 is 0. The van der Waals surface area contributed by atoms with Gasteiger partial charge in [0.2, 0.25) is 5.91 Å². The van der Waals surface area contributed by atoms with Crippen LogP contribution in [-0.2, 0) is 16.0 Å². The number of likely N-dealkylation sites (N-methyl/N-ethyl adjacent to an activating group) is 2. The van der Waals surface area contributed by atoms with E-state index in [4.69, 9.17) is 4.74 Å². The highest BCUT2D eigenvalue weighted by atomic mass is 16.5. The molecular weight excluding hydrogens is 318 g/mol. The molecule has 1 heterocycles. The molecule has 0 bridgehead atoms. The maximum absolute atomic E-state index is 12.2. The van der Waals surface area contributed by atoms with E-state index in [1.165, 1.54) is 0 Å². The SMILES string of the molecule is CCN(CC)C(=O)Cc1ccc(NC(=O)N(C)C[C@H]2CCCO2)cc1. The number of urea groups is 1. The number of nitrogens with one attached hydrogen (secondary N) is 1. The average Bonchev–Trinajstić information content (AvgIpc) is 3.10. The number of hydrogen-bond acceptors (Lipinski definition) is 3. The van der Waals surface area contributed by atoms with E-state index in [9.17, 15) is 9.59 Å². The molecule has 6 heteroatoms. The normalized spacial score (nSPS) is 16.5. The lowest BCUT2D eigenvalue weighted by Gasteiger charge is -2.21. The van der Waals surface area contributed by atoms with Gasteiger partial charge in [0.1, 0.15) is 0 Å². The van der Waals surface area contributed by atoms with E-state index in [2.05, 4.69) is 5.32 Å². The van der Waals surface area contributed by atoms with Gasteiger partial charge in [-0.1, -0.05) is 12.1 Å². The monoisotopic (exact) mass is 347 g/mol. The van der Waals surface area contributed by atoms with Crippen LogP contribution in [0, 0.1) is 0 Å². The zero-order chi connectivity index (χ0) is 18.2. The number of hydrogen-bond donors (Lipinski definition) is 1. The van der Waals surface area contributed by atoms with Crippen molar-refractivity contribution in [1.82, 2.24) is 9.80 Å². The van der Waals surface area contributed by atoms with Crippen LogP contribution in [0.2, 0.25) is 0 Å². The van der Waals surface area contributed by atoms with Crippen LogP contribution in [0.3, 0.4) is 0 Å². The predicted molar refractivity (Wildman–Crippen MR) is 98.7 cm³/mol. The Bertz CT molecular complexity index is 564. The highest BCUT2D eigenvalue weighted by molar-refractivity contribution is 5.89. The Hall–Kier alpha value is -2.08. The first-order valence-electron chi connectivity index (χ1n) is 9.03. The molecule has 1 aliphatic rings. The quantitative estimate of drug-likeness (QED) is 0.825. The smallest absolute Gasteiger partial charge is 0.321 e. The van der Waals surface area contributed by atoms with Gasteiger partial charge in [-0.25, -0.2) is 4.79 Å². The lowest BCUT2D eigenvalue weighted by molar-refractivity contribution is -0.130. The number of anilines is 1. The first-order valence-corrected chi connectivity index (χ1v) is 9.03. The summed E-state index contributed by atoms with van der Waals surface area (Å²) in [6.07, 6.45) is 2.60. The van der Waals surface area contributed by atoms with Gasteiger partial charge in [-0.2, -0.15) is 0 Å². The van der Waals surface area contributed by atoms with Gasteiger partial charge >= 0.3 is 6.03 Å². The second-order valence-corrected chi connectivity index (χ2v) is 6.39. The van der Waals surface area contributed by atoms with Gasteiger partial charge in [0.15, 0.2) is 0 Å². The average molecular weight is 347 g/mol. The zero-order valence-electron chi connectivity index (χ0n) is 15.5. The lowest BCUT2D eigenvalue weighted by atomic mass is 10.1. The molecule has 1 aromatic rings. The molecule has 3 amide bonds. The summed E-state index contributed by atoms with van der Waals surface area (Å²) in [6, 6.07) is 7.29. The van der Waals surface area contributed by atoms with Crippen LogP contribution in [0.15, 0.2) is 24.3 Å². The number of carbonyl (C=O) groups excluding carboxylic acids is 2. The van der Waals surface area contributed by atoms with Gasteiger partial charge in [-0.3, -0.25) is 4.79 Å². The maximum atomic E-state index is 12.2. The summed E-state index contributed by atoms with van der Waals surface area (Å²) in [7, 11) is 1.77. The topological polar surface area (TPSA) is 61.9 Å². The number of rotatable bonds is 7. The summed E-state index contributed by atoms with van der Waals surface area (Å²) in [6.45, 7) is 6.79. The predicted octanol–water partition coefficient (Wildman–Crippen LogP) is 2.74. The largest absolute Gasteiger partial charge is 0.376 e. The fraction of sp³-hybridized carbons (Fsp3) is 0.579. The van der Waals surface area contributed by atoms with Crippen molar-refractivity contribution in [2.75, 3.05) is 38.6 Å². The standard InChI is InChI=1S/C19H29N3O3/c1-4-22(5-2)18(23)13-15-8-10-16(11-9-15)20-19(24)21(3)14-17-7-6-12-25-17/h8-11,17H,4-7,12-14H2,1-3H3,(H,20,24)/t17-/m1/s1. The molecule has 0 unspecified atom stereocenters. The minimum Gasteiger partial charge on any atom is -0.376 e. The van der Waals surface area contributed by atoms with Crippen LogP contribution in [0.4, 0.5) is 10.5 Å². The first-order chi connectivity index (χ1) is 12.0. The highest BCUT2D eigenvalue weighted by Crippen LogP contribution is 2.15. The van der Waals surface area contributed by atoms with Crippen molar-refractivity contribution in [2.45, 2.75) is 39.2 Å². The Morgan fingerprint density at radius 1 is 1.20 bits per heavy atom. The Morgan fingerprint density at radius 2 is 1.88 bits per heavy atom. The van der Waals surface area contributed by atoms with Gasteiger partial charge in [0.25, 0.3) is 0 Å². The van der Waals surface area contributed by atoms with Gasteiger partial charge in [0.05, 0.1) is 12.5 Å². The number of benzene rings is 1. The van der Waals surface area contributed by atoms with Crippen molar-refractivity contribution >= 4 is 17.6 Å². The molecule has 0 radical (unpaired) electrons. The molecule has 1 fully saturated rings. The zero-order valence-corrected chi connectivity index (χ0v) is 15.5. The summed E-state index contributed by atoms with van der Waals surface area (Å²) in [5.41, 5.74) is 1.67. The summed E-state index contributed by atoms with van der Waals surface area (Å²) in [4.78, 5) is 27.8. The molecule has 138 valence electrons. The molecule has 1 N–H and O–H groups in total. The number of ether oxygens (including phenoxy) is 1. The molecule has 0 aliphatic carbocycles. The third-order valence-electron chi connectivity index (χ3n) is 4.52. The molecular formula is C19H29N3O3. The van der Waals surface area contributed by atoms with Crippen LogP contribution in [0.5, 0.6) is 0 Å². The lowest BCUT2D eigenvalue weighted by Crippen LogP contribution is -2.37. The van der Waals surface area contributed by atoms with Crippen molar-refractivity contribution in [3.05, 3.63) is 29.8 Å². The van der Waals surface area contributed by atoms with Gasteiger partial charge in [0, 0.05) is 39.0 Å². The van der Waals surface area contributed by atoms with Crippen LogP contribution in [0.25, 0.3) is 0 Å². The number of carbonyl (C=O) groups is 2. The Labute approximate surface area is 150 Å². The molecule has 25 heavy (non-hydrogen) atoms. The summed E-state index contributed by atoms with van der Waals surface area (Å²) in [5, 5.41) is 2.88. The minimum atomic E-state index is -0.150. The maximum Gasteiger partial charge on any atom is 0.321 e. The second-order valence-electron chi connectivity index (χ2n) is 6.39. The van der Waals surface area contributed by atoms with E-state index in [1.54, 1.807) is 11.9 Å². The van der Waals surface area contributed by atoms with Crippen LogP contribution in [-0.4, -0.2) is 61.1 Å². The highest BCUT2D eigenvalue weighted by Gasteiger charge is 2.20. The fourth-order valence-electron chi connectivity index (χ4n) is 2.96. The Morgan fingerprint density at radius 3 is 2.44 bits per heavy atom. The van der Waals surface area contributed by atoms with Crippen molar-refractivity contribution in [1.29, 1.82) is 0 Å². The van der Waals surface area contributed by atoms with E-state index in [1.807, 2.05) is 43.0 Å². The molecule has 0 spiro atoms. The van der Waals surface area contributed by atoms with Crippen molar-refractivity contribution in [3.63, 3.8) is 0 Å². The van der Waals surface area contributed by atoms with Crippen molar-refractivity contribution < 1.29 is 14.3 Å². The Kier molecular flexibility index (Phi) is 7.25. The molecule has 0 saturated carbocycles. The third-order valence-corrected chi connectivity index (χ3v) is 4.52. The van der Waals surface area contributed by atoms with E-state index < -0.39 is 0 Å². The third kappa shape index (κ3) is 5.74. The second kappa shape index (κ2) is 9.42.